The molecule has 1 saturated heterocycles. The molecule has 2 unspecified atom stereocenters. The molecule has 112 valence electrons. The topological polar surface area (TPSA) is 40.5 Å². The van der Waals surface area contributed by atoms with Gasteiger partial charge in [0.25, 0.3) is 5.91 Å². The molecule has 0 aliphatic carbocycles. The Morgan fingerprint density at radius 1 is 1.48 bits per heavy atom. The van der Waals surface area contributed by atoms with E-state index >= 15 is 0 Å². The molecule has 1 aliphatic rings. The Hall–Kier alpha value is -1.50. The molecule has 21 heavy (non-hydrogen) atoms. The summed E-state index contributed by atoms with van der Waals surface area (Å²) in [6, 6.07) is 5.40. The first-order valence-corrected chi connectivity index (χ1v) is 7.61. The van der Waals surface area contributed by atoms with Gasteiger partial charge in [-0.15, -0.1) is 0 Å². The number of hydrogen-bond donors (Lipinski definition) is 1. The maximum Gasteiger partial charge on any atom is 0.254 e. The summed E-state index contributed by atoms with van der Waals surface area (Å²) in [4.78, 5) is 14.5. The lowest BCUT2D eigenvalue weighted by Gasteiger charge is -2.36. The van der Waals surface area contributed by atoms with Crippen molar-refractivity contribution in [2.75, 3.05) is 13.2 Å². The summed E-state index contributed by atoms with van der Waals surface area (Å²) in [6.07, 6.45) is 2.09. The first kappa shape index (κ1) is 15.9. The molecule has 0 aromatic heterocycles. The van der Waals surface area contributed by atoms with Crippen molar-refractivity contribution in [1.29, 1.82) is 0 Å². The number of piperidine rings is 1. The zero-order chi connectivity index (χ0) is 15.4. The molecule has 2 rings (SSSR count). The zero-order valence-electron chi connectivity index (χ0n) is 12.4. The molecule has 1 aromatic rings. The van der Waals surface area contributed by atoms with Crippen molar-refractivity contribution in [3.63, 3.8) is 0 Å². The number of amides is 1. The standard InChI is InChI=1S/C17H20ClNO2/c1-12-7-8-19(13(2)10-12)17(21)15-6-5-14(4-3-9-20)16(18)11-15/h5-6,11-13,20H,7-10H2,1-2H3. The number of carbonyl (C=O) groups is 1. The summed E-state index contributed by atoms with van der Waals surface area (Å²) in [7, 11) is 0. The largest absolute Gasteiger partial charge is 0.384 e. The van der Waals surface area contributed by atoms with Crippen LogP contribution in [0.15, 0.2) is 18.2 Å². The number of nitrogens with zero attached hydrogens (tertiary/aromatic N) is 1. The quantitative estimate of drug-likeness (QED) is 0.810. The van der Waals surface area contributed by atoms with E-state index in [1.165, 1.54) is 0 Å². The highest BCUT2D eigenvalue weighted by Gasteiger charge is 2.27. The van der Waals surface area contributed by atoms with Crippen LogP contribution in [0.4, 0.5) is 0 Å². The molecular weight excluding hydrogens is 286 g/mol. The summed E-state index contributed by atoms with van der Waals surface area (Å²) >= 11 is 6.15. The van der Waals surface area contributed by atoms with E-state index in [0.717, 1.165) is 19.4 Å². The first-order chi connectivity index (χ1) is 10.0. The Bertz CT molecular complexity index is 588. The van der Waals surface area contributed by atoms with Crippen LogP contribution in [0, 0.1) is 17.8 Å². The van der Waals surface area contributed by atoms with Gasteiger partial charge in [0.05, 0.1) is 5.02 Å². The van der Waals surface area contributed by atoms with Gasteiger partial charge in [-0.1, -0.05) is 30.4 Å². The van der Waals surface area contributed by atoms with E-state index in [1.807, 2.05) is 4.90 Å². The molecule has 3 nitrogen and oxygen atoms in total. The normalized spacial score (nSPS) is 21.6. The van der Waals surface area contributed by atoms with Gasteiger partial charge < -0.3 is 10.0 Å². The average molecular weight is 306 g/mol. The Balaban J connectivity index is 2.18. The molecule has 1 heterocycles. The van der Waals surface area contributed by atoms with Gasteiger partial charge >= 0.3 is 0 Å². The van der Waals surface area contributed by atoms with Gasteiger partial charge in [0.15, 0.2) is 0 Å². The molecule has 2 atom stereocenters. The molecule has 1 aliphatic heterocycles. The van der Waals surface area contributed by atoms with E-state index in [9.17, 15) is 4.79 Å². The number of halogens is 1. The minimum Gasteiger partial charge on any atom is -0.384 e. The fourth-order valence-electron chi connectivity index (χ4n) is 2.76. The molecule has 4 heteroatoms. The minimum absolute atomic E-state index is 0.0259. The third-order valence-electron chi connectivity index (χ3n) is 3.92. The molecular formula is C17H20ClNO2. The molecule has 0 radical (unpaired) electrons. The zero-order valence-corrected chi connectivity index (χ0v) is 13.2. The van der Waals surface area contributed by atoms with E-state index in [0.29, 0.717) is 22.1 Å². The van der Waals surface area contributed by atoms with Gasteiger partial charge in [-0.2, -0.15) is 0 Å². The Morgan fingerprint density at radius 3 is 2.86 bits per heavy atom. The number of likely N-dealkylation sites (tertiary alicyclic amines) is 1. The highest BCUT2D eigenvalue weighted by Crippen LogP contribution is 2.25. The smallest absolute Gasteiger partial charge is 0.254 e. The van der Waals surface area contributed by atoms with E-state index in [1.54, 1.807) is 18.2 Å². The van der Waals surface area contributed by atoms with Gasteiger partial charge in [-0.25, -0.2) is 0 Å². The molecule has 1 fully saturated rings. The summed E-state index contributed by atoms with van der Waals surface area (Å²) in [5.41, 5.74) is 1.22. The third-order valence-corrected chi connectivity index (χ3v) is 4.23. The van der Waals surface area contributed by atoms with Gasteiger partial charge in [0, 0.05) is 23.7 Å². The Kier molecular flexibility index (Phi) is 5.27. The number of carbonyl (C=O) groups excluding carboxylic acids is 1. The maximum atomic E-state index is 12.6. The molecule has 1 amide bonds. The van der Waals surface area contributed by atoms with Crippen LogP contribution in [0.3, 0.4) is 0 Å². The van der Waals surface area contributed by atoms with Gasteiger partial charge in [0.2, 0.25) is 0 Å². The molecule has 0 spiro atoms. The van der Waals surface area contributed by atoms with Crippen molar-refractivity contribution < 1.29 is 9.90 Å². The average Bonchev–Trinajstić information content (AvgIpc) is 2.45. The second-order valence-corrected chi connectivity index (χ2v) is 6.04. The molecule has 1 aromatic carbocycles. The third kappa shape index (κ3) is 3.78. The monoisotopic (exact) mass is 305 g/mol. The van der Waals surface area contributed by atoms with Crippen LogP contribution in [0.1, 0.15) is 42.6 Å². The van der Waals surface area contributed by atoms with Crippen LogP contribution in [0.5, 0.6) is 0 Å². The fraction of sp³-hybridized carbons (Fsp3) is 0.471. The SMILES string of the molecule is CC1CCN(C(=O)c2ccc(C#CCO)c(Cl)c2)C(C)C1. The highest BCUT2D eigenvalue weighted by molar-refractivity contribution is 6.32. The lowest BCUT2D eigenvalue weighted by atomic mass is 9.93. The van der Waals surface area contributed by atoms with E-state index in [-0.39, 0.29) is 18.6 Å². The van der Waals surface area contributed by atoms with Gasteiger partial charge in [-0.3, -0.25) is 4.79 Å². The van der Waals surface area contributed by atoms with E-state index < -0.39 is 0 Å². The predicted molar refractivity (Wildman–Crippen MR) is 84.3 cm³/mol. The summed E-state index contributed by atoms with van der Waals surface area (Å²) in [5.74, 6) is 6.02. The number of rotatable bonds is 1. The number of benzene rings is 1. The van der Waals surface area contributed by atoms with Gasteiger partial charge in [0.1, 0.15) is 6.61 Å². The number of aliphatic hydroxyl groups excluding tert-OH is 1. The van der Waals surface area contributed by atoms with Crippen LogP contribution < -0.4 is 0 Å². The van der Waals surface area contributed by atoms with Gasteiger partial charge in [-0.05, 0) is 43.9 Å². The second kappa shape index (κ2) is 6.98. The minimum atomic E-state index is -0.208. The molecule has 1 N–H and O–H groups in total. The lowest BCUT2D eigenvalue weighted by Crippen LogP contribution is -2.44. The van der Waals surface area contributed by atoms with Crippen LogP contribution >= 0.6 is 11.6 Å². The molecule has 0 bridgehead atoms. The number of hydrogen-bond acceptors (Lipinski definition) is 2. The van der Waals surface area contributed by atoms with Crippen molar-refractivity contribution in [1.82, 2.24) is 4.90 Å². The Morgan fingerprint density at radius 2 is 2.24 bits per heavy atom. The van der Waals surface area contributed by atoms with Crippen molar-refractivity contribution in [2.24, 2.45) is 5.92 Å². The van der Waals surface area contributed by atoms with Crippen LogP contribution in [-0.4, -0.2) is 35.1 Å². The molecule has 0 saturated carbocycles. The summed E-state index contributed by atoms with van der Waals surface area (Å²) in [6.45, 7) is 4.91. The van der Waals surface area contributed by atoms with Crippen LogP contribution in [0.2, 0.25) is 5.02 Å². The van der Waals surface area contributed by atoms with Crippen LogP contribution in [-0.2, 0) is 0 Å². The van der Waals surface area contributed by atoms with Crippen molar-refractivity contribution >= 4 is 17.5 Å². The summed E-state index contributed by atoms with van der Waals surface area (Å²) in [5, 5.41) is 9.15. The van der Waals surface area contributed by atoms with E-state index in [2.05, 4.69) is 25.7 Å². The van der Waals surface area contributed by atoms with Crippen LogP contribution in [0.25, 0.3) is 0 Å². The number of aliphatic hydroxyl groups is 1. The highest BCUT2D eigenvalue weighted by atomic mass is 35.5. The lowest BCUT2D eigenvalue weighted by molar-refractivity contribution is 0.0588. The Labute approximate surface area is 130 Å². The van der Waals surface area contributed by atoms with Crippen molar-refractivity contribution in [3.05, 3.63) is 34.3 Å². The predicted octanol–water partition coefficient (Wildman–Crippen LogP) is 2.94. The fourth-order valence-corrected chi connectivity index (χ4v) is 2.99. The van der Waals surface area contributed by atoms with E-state index in [4.69, 9.17) is 16.7 Å². The second-order valence-electron chi connectivity index (χ2n) is 5.63. The summed E-state index contributed by atoms with van der Waals surface area (Å²) < 4.78 is 0. The first-order valence-electron chi connectivity index (χ1n) is 7.23. The maximum absolute atomic E-state index is 12.6. The van der Waals surface area contributed by atoms with Crippen molar-refractivity contribution in [3.8, 4) is 11.8 Å². The van der Waals surface area contributed by atoms with Crippen molar-refractivity contribution in [2.45, 2.75) is 32.7 Å².